The highest BCUT2D eigenvalue weighted by atomic mass is 14.2. The van der Waals surface area contributed by atoms with Crippen LogP contribution in [0.25, 0.3) is 22.3 Å². The second-order valence-electron chi connectivity index (χ2n) is 6.55. The van der Waals surface area contributed by atoms with E-state index in [1.165, 1.54) is 27.8 Å². The summed E-state index contributed by atoms with van der Waals surface area (Å²) in [6.07, 6.45) is 1.10. The van der Waals surface area contributed by atoms with Crippen LogP contribution in [0.4, 0.5) is 0 Å². The van der Waals surface area contributed by atoms with Gasteiger partial charge in [0, 0.05) is 0 Å². The predicted molar refractivity (Wildman–Crippen MR) is 111 cm³/mol. The fourth-order valence-electron chi connectivity index (χ4n) is 3.45. The Morgan fingerprint density at radius 3 is 1.56 bits per heavy atom. The van der Waals surface area contributed by atoms with E-state index in [1.807, 2.05) is 42.5 Å². The maximum atomic E-state index is 8.65. The molecule has 4 aromatic rings. The Morgan fingerprint density at radius 2 is 1.00 bits per heavy atom. The first-order valence-corrected chi connectivity index (χ1v) is 9.07. The monoisotopic (exact) mass is 345 g/mol. The standard InChI is InChI=1S/C13H9N.C13H10/c14-10-11-6-8-13(9-7-11)12-4-2-1-3-5-12;1-3-7-12-10(5-1)9-11-6-2-4-8-13(11)12/h1-9H;1-8H,9H2. The first-order chi connectivity index (χ1) is 13.3. The molecule has 0 atom stereocenters. The molecule has 0 amide bonds. The molecule has 0 aromatic heterocycles. The summed E-state index contributed by atoms with van der Waals surface area (Å²) in [4.78, 5) is 0. The van der Waals surface area contributed by atoms with E-state index in [1.54, 1.807) is 0 Å². The Morgan fingerprint density at radius 1 is 0.519 bits per heavy atom. The molecule has 4 aromatic carbocycles. The number of nitrogens with zero attached hydrogens (tertiary/aromatic N) is 1. The second kappa shape index (κ2) is 7.72. The van der Waals surface area contributed by atoms with Gasteiger partial charge in [-0.15, -0.1) is 0 Å². The molecule has 0 spiro atoms. The Bertz CT molecular complexity index is 1040. The van der Waals surface area contributed by atoms with Crippen LogP contribution in [0.5, 0.6) is 0 Å². The molecule has 0 N–H and O–H groups in total. The summed E-state index contributed by atoms with van der Waals surface area (Å²) in [5.41, 5.74) is 8.77. The van der Waals surface area contributed by atoms with E-state index in [2.05, 4.69) is 66.7 Å². The van der Waals surface area contributed by atoms with Gasteiger partial charge in [0.1, 0.15) is 0 Å². The Kier molecular flexibility index (Phi) is 4.81. The van der Waals surface area contributed by atoms with Gasteiger partial charge in [-0.3, -0.25) is 0 Å². The van der Waals surface area contributed by atoms with Gasteiger partial charge in [0.05, 0.1) is 11.6 Å². The zero-order valence-electron chi connectivity index (χ0n) is 15.0. The molecule has 128 valence electrons. The van der Waals surface area contributed by atoms with Crippen molar-refractivity contribution in [3.63, 3.8) is 0 Å². The molecule has 1 aliphatic carbocycles. The lowest BCUT2D eigenvalue weighted by atomic mass is 10.0. The van der Waals surface area contributed by atoms with E-state index in [4.69, 9.17) is 5.26 Å². The molecule has 0 heterocycles. The smallest absolute Gasteiger partial charge is 0.0991 e. The van der Waals surface area contributed by atoms with Gasteiger partial charge in [0.2, 0.25) is 0 Å². The molecular weight excluding hydrogens is 326 g/mol. The van der Waals surface area contributed by atoms with Gasteiger partial charge in [-0.1, -0.05) is 91.0 Å². The number of benzene rings is 4. The summed E-state index contributed by atoms with van der Waals surface area (Å²) in [6.45, 7) is 0. The minimum Gasteiger partial charge on any atom is -0.192 e. The molecule has 1 aliphatic rings. The van der Waals surface area contributed by atoms with Gasteiger partial charge in [0.15, 0.2) is 0 Å². The largest absolute Gasteiger partial charge is 0.192 e. The lowest BCUT2D eigenvalue weighted by molar-refractivity contribution is 1.26. The Labute approximate surface area is 160 Å². The molecular formula is C26H19N. The number of hydrogen-bond acceptors (Lipinski definition) is 1. The van der Waals surface area contributed by atoms with Crippen LogP contribution >= 0.6 is 0 Å². The van der Waals surface area contributed by atoms with E-state index >= 15 is 0 Å². The quantitative estimate of drug-likeness (QED) is 0.341. The van der Waals surface area contributed by atoms with E-state index in [-0.39, 0.29) is 0 Å². The zero-order chi connectivity index (χ0) is 18.5. The fraction of sp³-hybridized carbons (Fsp3) is 0.0385. The van der Waals surface area contributed by atoms with Crippen molar-refractivity contribution >= 4 is 0 Å². The molecule has 0 radical (unpaired) electrons. The van der Waals surface area contributed by atoms with Gasteiger partial charge >= 0.3 is 0 Å². The molecule has 1 heteroatoms. The first-order valence-electron chi connectivity index (χ1n) is 9.07. The zero-order valence-corrected chi connectivity index (χ0v) is 15.0. The van der Waals surface area contributed by atoms with Crippen LogP contribution in [0.15, 0.2) is 103 Å². The number of hydrogen-bond donors (Lipinski definition) is 0. The fourth-order valence-corrected chi connectivity index (χ4v) is 3.45. The molecule has 27 heavy (non-hydrogen) atoms. The molecule has 0 saturated heterocycles. The van der Waals surface area contributed by atoms with Crippen LogP contribution in [-0.4, -0.2) is 0 Å². The third-order valence-corrected chi connectivity index (χ3v) is 4.83. The van der Waals surface area contributed by atoms with Crippen LogP contribution < -0.4 is 0 Å². The number of rotatable bonds is 1. The van der Waals surface area contributed by atoms with Gasteiger partial charge in [-0.05, 0) is 51.9 Å². The average Bonchev–Trinajstić information content (AvgIpc) is 3.14. The highest BCUT2D eigenvalue weighted by molar-refractivity contribution is 5.76. The Hall–Kier alpha value is -3.63. The lowest BCUT2D eigenvalue weighted by Gasteiger charge is -1.99. The minimum atomic E-state index is 0.699. The van der Waals surface area contributed by atoms with Crippen LogP contribution in [0.3, 0.4) is 0 Å². The number of nitriles is 1. The van der Waals surface area contributed by atoms with E-state index in [0.29, 0.717) is 5.56 Å². The van der Waals surface area contributed by atoms with Crippen LogP contribution in [0.1, 0.15) is 16.7 Å². The summed E-state index contributed by atoms with van der Waals surface area (Å²) in [6, 6.07) is 37.1. The van der Waals surface area contributed by atoms with E-state index in [9.17, 15) is 0 Å². The highest BCUT2D eigenvalue weighted by Gasteiger charge is 2.15. The summed E-state index contributed by atoms with van der Waals surface area (Å²) in [5.74, 6) is 0. The summed E-state index contributed by atoms with van der Waals surface area (Å²) >= 11 is 0. The average molecular weight is 345 g/mol. The third kappa shape index (κ3) is 3.66. The minimum absolute atomic E-state index is 0.699. The topological polar surface area (TPSA) is 23.8 Å². The normalized spacial score (nSPS) is 10.8. The van der Waals surface area contributed by atoms with Crippen molar-refractivity contribution in [3.8, 4) is 28.3 Å². The van der Waals surface area contributed by atoms with Crippen molar-refractivity contribution in [1.82, 2.24) is 0 Å². The van der Waals surface area contributed by atoms with Crippen molar-refractivity contribution in [2.45, 2.75) is 6.42 Å². The predicted octanol–water partition coefficient (Wildman–Crippen LogP) is 6.48. The third-order valence-electron chi connectivity index (χ3n) is 4.83. The van der Waals surface area contributed by atoms with Gasteiger partial charge in [-0.2, -0.15) is 5.26 Å². The van der Waals surface area contributed by atoms with Crippen molar-refractivity contribution in [2.24, 2.45) is 0 Å². The Balaban J connectivity index is 0.000000134. The van der Waals surface area contributed by atoms with Gasteiger partial charge < -0.3 is 0 Å². The molecule has 0 saturated carbocycles. The van der Waals surface area contributed by atoms with E-state index < -0.39 is 0 Å². The highest BCUT2D eigenvalue weighted by Crippen LogP contribution is 2.35. The molecule has 0 bridgehead atoms. The maximum Gasteiger partial charge on any atom is 0.0991 e. The molecule has 0 fully saturated rings. The van der Waals surface area contributed by atoms with Crippen molar-refractivity contribution in [1.29, 1.82) is 5.26 Å². The van der Waals surface area contributed by atoms with Gasteiger partial charge in [-0.25, -0.2) is 0 Å². The van der Waals surface area contributed by atoms with Crippen molar-refractivity contribution in [2.75, 3.05) is 0 Å². The van der Waals surface area contributed by atoms with Gasteiger partial charge in [0.25, 0.3) is 0 Å². The van der Waals surface area contributed by atoms with Crippen LogP contribution in [0.2, 0.25) is 0 Å². The van der Waals surface area contributed by atoms with Crippen LogP contribution in [-0.2, 0) is 6.42 Å². The molecule has 0 unspecified atom stereocenters. The number of fused-ring (bicyclic) bond motifs is 3. The summed E-state index contributed by atoms with van der Waals surface area (Å²) in [7, 11) is 0. The van der Waals surface area contributed by atoms with Crippen molar-refractivity contribution < 1.29 is 0 Å². The second-order valence-corrected chi connectivity index (χ2v) is 6.55. The first kappa shape index (κ1) is 16.8. The lowest BCUT2D eigenvalue weighted by Crippen LogP contribution is -1.77. The molecule has 1 nitrogen and oxygen atoms in total. The SMILES string of the molecule is N#Cc1ccc(-c2ccccc2)cc1.c1ccc2c(c1)Cc1ccccc1-2. The molecule has 5 rings (SSSR count). The maximum absolute atomic E-state index is 8.65. The summed E-state index contributed by atoms with van der Waals surface area (Å²) in [5, 5.41) is 8.65. The summed E-state index contributed by atoms with van der Waals surface area (Å²) < 4.78 is 0. The van der Waals surface area contributed by atoms with E-state index in [0.717, 1.165) is 12.0 Å². The molecule has 0 aliphatic heterocycles. The van der Waals surface area contributed by atoms with Crippen molar-refractivity contribution in [3.05, 3.63) is 120 Å². The van der Waals surface area contributed by atoms with Crippen LogP contribution in [0, 0.1) is 11.3 Å².